The van der Waals surface area contributed by atoms with Gasteiger partial charge in [0.25, 0.3) is 0 Å². The first-order chi connectivity index (χ1) is 12.6. The van der Waals surface area contributed by atoms with Gasteiger partial charge < -0.3 is 5.32 Å². The van der Waals surface area contributed by atoms with Crippen molar-refractivity contribution < 1.29 is 0 Å². The summed E-state index contributed by atoms with van der Waals surface area (Å²) in [5.41, 5.74) is 4.94. The van der Waals surface area contributed by atoms with Gasteiger partial charge in [-0.25, -0.2) is 9.97 Å². The number of hydrogen-bond acceptors (Lipinski definition) is 5. The van der Waals surface area contributed by atoms with Crippen molar-refractivity contribution in [3.8, 4) is 11.1 Å². The number of aryl methyl sites for hydroxylation is 1. The molecule has 0 fully saturated rings. The molecule has 4 aromatic rings. The van der Waals surface area contributed by atoms with Gasteiger partial charge in [-0.3, -0.25) is 9.67 Å². The standard InChI is InChI=1S/C20H20N6/c1-13(2)14-6-7-21-20(9-14)25-19-5-4-17-18(24-19)8-15(10-22-17)16-11-23-26(3)12-16/h4-13H,1-3H3,(H,21,24,25). The van der Waals surface area contributed by atoms with Crippen molar-refractivity contribution in [2.24, 2.45) is 7.05 Å². The summed E-state index contributed by atoms with van der Waals surface area (Å²) in [6, 6.07) is 10.0. The second kappa shape index (κ2) is 6.55. The van der Waals surface area contributed by atoms with Gasteiger partial charge in [-0.1, -0.05) is 13.8 Å². The van der Waals surface area contributed by atoms with E-state index in [9.17, 15) is 0 Å². The Kier molecular flexibility index (Phi) is 4.08. The summed E-state index contributed by atoms with van der Waals surface area (Å²) < 4.78 is 1.78. The summed E-state index contributed by atoms with van der Waals surface area (Å²) in [6.07, 6.45) is 7.46. The number of rotatable bonds is 4. The Balaban J connectivity index is 1.67. The fourth-order valence-electron chi connectivity index (χ4n) is 2.81. The topological polar surface area (TPSA) is 68.5 Å². The van der Waals surface area contributed by atoms with Crippen LogP contribution in [-0.4, -0.2) is 24.7 Å². The molecule has 6 heteroatoms. The molecule has 0 aliphatic carbocycles. The molecule has 0 aromatic carbocycles. The number of anilines is 2. The van der Waals surface area contributed by atoms with Gasteiger partial charge in [0.2, 0.25) is 0 Å². The van der Waals surface area contributed by atoms with Crippen LogP contribution in [0, 0.1) is 0 Å². The number of pyridine rings is 3. The molecule has 0 spiro atoms. The largest absolute Gasteiger partial charge is 0.325 e. The lowest BCUT2D eigenvalue weighted by Gasteiger charge is -2.09. The maximum Gasteiger partial charge on any atom is 0.132 e. The molecule has 4 heterocycles. The fourth-order valence-corrected chi connectivity index (χ4v) is 2.81. The Morgan fingerprint density at radius 2 is 1.81 bits per heavy atom. The Morgan fingerprint density at radius 3 is 2.58 bits per heavy atom. The average Bonchev–Trinajstić information content (AvgIpc) is 3.08. The average molecular weight is 344 g/mol. The molecule has 6 nitrogen and oxygen atoms in total. The lowest BCUT2D eigenvalue weighted by atomic mass is 10.1. The first-order valence-corrected chi connectivity index (χ1v) is 8.57. The van der Waals surface area contributed by atoms with E-state index in [-0.39, 0.29) is 0 Å². The van der Waals surface area contributed by atoms with E-state index in [0.717, 1.165) is 33.8 Å². The van der Waals surface area contributed by atoms with Gasteiger partial charge in [-0.2, -0.15) is 5.10 Å². The molecule has 0 unspecified atom stereocenters. The molecule has 4 aromatic heterocycles. The highest BCUT2D eigenvalue weighted by Crippen LogP contribution is 2.24. The number of aromatic nitrogens is 5. The lowest BCUT2D eigenvalue weighted by Crippen LogP contribution is -1.98. The second-order valence-electron chi connectivity index (χ2n) is 6.62. The summed E-state index contributed by atoms with van der Waals surface area (Å²) in [5, 5.41) is 7.50. The summed E-state index contributed by atoms with van der Waals surface area (Å²) in [6.45, 7) is 4.33. The molecule has 130 valence electrons. The molecule has 0 saturated carbocycles. The van der Waals surface area contributed by atoms with Crippen molar-refractivity contribution in [1.29, 1.82) is 0 Å². The van der Waals surface area contributed by atoms with Gasteiger partial charge in [0, 0.05) is 36.8 Å². The van der Waals surface area contributed by atoms with Crippen LogP contribution < -0.4 is 5.32 Å². The van der Waals surface area contributed by atoms with Crippen LogP contribution in [0.25, 0.3) is 22.2 Å². The van der Waals surface area contributed by atoms with E-state index in [1.165, 1.54) is 5.56 Å². The molecule has 0 amide bonds. The maximum atomic E-state index is 4.70. The third kappa shape index (κ3) is 3.26. The van der Waals surface area contributed by atoms with E-state index in [1.807, 2.05) is 56.1 Å². The molecule has 0 bridgehead atoms. The summed E-state index contributed by atoms with van der Waals surface area (Å²) in [5.74, 6) is 1.99. The number of nitrogens with zero attached hydrogens (tertiary/aromatic N) is 5. The molecular weight excluding hydrogens is 324 g/mol. The zero-order chi connectivity index (χ0) is 18.1. The highest BCUT2D eigenvalue weighted by atomic mass is 15.2. The van der Waals surface area contributed by atoms with E-state index in [0.29, 0.717) is 5.92 Å². The summed E-state index contributed by atoms with van der Waals surface area (Å²) in [7, 11) is 1.90. The first-order valence-electron chi connectivity index (χ1n) is 8.57. The van der Waals surface area contributed by atoms with Crippen molar-refractivity contribution in [3.05, 3.63) is 60.7 Å². The molecule has 26 heavy (non-hydrogen) atoms. The van der Waals surface area contributed by atoms with Crippen LogP contribution in [0.4, 0.5) is 11.6 Å². The van der Waals surface area contributed by atoms with Gasteiger partial charge in [0.1, 0.15) is 11.6 Å². The Hall–Kier alpha value is -3.28. The minimum atomic E-state index is 0.453. The van der Waals surface area contributed by atoms with Crippen LogP contribution >= 0.6 is 0 Å². The number of nitrogens with one attached hydrogen (secondary N) is 1. The molecule has 0 saturated heterocycles. The molecule has 0 aliphatic heterocycles. The smallest absolute Gasteiger partial charge is 0.132 e. The molecular formula is C20H20N6. The zero-order valence-electron chi connectivity index (χ0n) is 15.0. The van der Waals surface area contributed by atoms with Crippen molar-refractivity contribution in [1.82, 2.24) is 24.7 Å². The third-order valence-corrected chi connectivity index (χ3v) is 4.28. The molecule has 0 atom stereocenters. The number of fused-ring (bicyclic) bond motifs is 1. The maximum absolute atomic E-state index is 4.70. The van der Waals surface area contributed by atoms with E-state index in [1.54, 1.807) is 4.68 Å². The van der Waals surface area contributed by atoms with Gasteiger partial charge >= 0.3 is 0 Å². The molecule has 4 rings (SSSR count). The number of hydrogen-bond donors (Lipinski definition) is 1. The van der Waals surface area contributed by atoms with E-state index < -0.39 is 0 Å². The monoisotopic (exact) mass is 344 g/mol. The SMILES string of the molecule is CC(C)c1ccnc(Nc2ccc3ncc(-c4cnn(C)c4)cc3n2)c1. The Morgan fingerprint density at radius 1 is 0.923 bits per heavy atom. The highest BCUT2D eigenvalue weighted by Gasteiger charge is 2.07. The van der Waals surface area contributed by atoms with Gasteiger partial charge in [0.05, 0.1) is 17.2 Å². The first kappa shape index (κ1) is 16.2. The van der Waals surface area contributed by atoms with E-state index in [2.05, 4.69) is 40.3 Å². The van der Waals surface area contributed by atoms with Crippen LogP contribution in [0.1, 0.15) is 25.3 Å². The minimum Gasteiger partial charge on any atom is -0.325 e. The van der Waals surface area contributed by atoms with E-state index in [4.69, 9.17) is 4.98 Å². The Labute approximate surface area is 152 Å². The normalized spacial score (nSPS) is 11.2. The van der Waals surface area contributed by atoms with Gasteiger partial charge in [0.15, 0.2) is 0 Å². The van der Waals surface area contributed by atoms with Crippen molar-refractivity contribution in [2.45, 2.75) is 19.8 Å². The van der Waals surface area contributed by atoms with Crippen LogP contribution in [0.3, 0.4) is 0 Å². The molecule has 0 radical (unpaired) electrons. The zero-order valence-corrected chi connectivity index (χ0v) is 15.0. The van der Waals surface area contributed by atoms with Crippen LogP contribution in [0.5, 0.6) is 0 Å². The quantitative estimate of drug-likeness (QED) is 0.598. The van der Waals surface area contributed by atoms with Gasteiger partial charge in [-0.15, -0.1) is 0 Å². The second-order valence-corrected chi connectivity index (χ2v) is 6.62. The fraction of sp³-hybridized carbons (Fsp3) is 0.200. The van der Waals surface area contributed by atoms with Crippen LogP contribution in [0.2, 0.25) is 0 Å². The van der Waals surface area contributed by atoms with E-state index >= 15 is 0 Å². The third-order valence-electron chi connectivity index (χ3n) is 4.28. The highest BCUT2D eigenvalue weighted by molar-refractivity contribution is 5.81. The molecule has 0 aliphatic rings. The minimum absolute atomic E-state index is 0.453. The van der Waals surface area contributed by atoms with Crippen molar-refractivity contribution in [3.63, 3.8) is 0 Å². The summed E-state index contributed by atoms with van der Waals surface area (Å²) >= 11 is 0. The van der Waals surface area contributed by atoms with Crippen LogP contribution in [0.15, 0.2) is 55.1 Å². The predicted octanol–water partition coefficient (Wildman–Crippen LogP) is 4.29. The van der Waals surface area contributed by atoms with Crippen molar-refractivity contribution >= 4 is 22.7 Å². The Bertz CT molecular complexity index is 1070. The van der Waals surface area contributed by atoms with Gasteiger partial charge in [-0.05, 0) is 41.8 Å². The molecule has 1 N–H and O–H groups in total. The van der Waals surface area contributed by atoms with Crippen molar-refractivity contribution in [2.75, 3.05) is 5.32 Å². The predicted molar refractivity (Wildman–Crippen MR) is 103 cm³/mol. The lowest BCUT2D eigenvalue weighted by molar-refractivity contribution is 0.768. The van der Waals surface area contributed by atoms with Crippen LogP contribution in [-0.2, 0) is 7.05 Å². The summed E-state index contributed by atoms with van der Waals surface area (Å²) in [4.78, 5) is 13.6.